The number of carbonyl (C=O) groups is 2. The number of aliphatic hydroxyl groups excluding tert-OH is 1. The van der Waals surface area contributed by atoms with Gasteiger partial charge in [-0.2, -0.15) is 0 Å². The number of nitrogens with one attached hydrogen (secondary N) is 2. The van der Waals surface area contributed by atoms with E-state index in [4.69, 9.17) is 4.74 Å². The first-order valence-corrected chi connectivity index (χ1v) is 12.5. The summed E-state index contributed by atoms with van der Waals surface area (Å²) in [5, 5.41) is 17.1. The molecule has 36 heavy (non-hydrogen) atoms. The van der Waals surface area contributed by atoms with E-state index in [2.05, 4.69) is 10.6 Å². The predicted octanol–water partition coefficient (Wildman–Crippen LogP) is 4.66. The second-order valence-electron chi connectivity index (χ2n) is 9.29. The van der Waals surface area contributed by atoms with E-state index in [0.717, 1.165) is 16.7 Å². The van der Waals surface area contributed by atoms with Gasteiger partial charge in [0.25, 0.3) is 0 Å². The molecule has 3 atom stereocenters. The number of carbonyl (C=O) groups excluding carboxylic acids is 2. The van der Waals surface area contributed by atoms with Gasteiger partial charge in [-0.1, -0.05) is 91.0 Å². The lowest BCUT2D eigenvalue weighted by molar-refractivity contribution is -0.126. The lowest BCUT2D eigenvalue weighted by Crippen LogP contribution is -2.47. The lowest BCUT2D eigenvalue weighted by Gasteiger charge is -2.27. The fourth-order valence-electron chi connectivity index (χ4n) is 4.12. The first-order chi connectivity index (χ1) is 17.4. The molecule has 190 valence electrons. The number of amides is 2. The Morgan fingerprint density at radius 3 is 1.81 bits per heavy atom. The number of alkyl carbamates (subject to hydrolysis) is 1. The normalized spacial score (nSPS) is 13.4. The summed E-state index contributed by atoms with van der Waals surface area (Å²) in [4.78, 5) is 25.7. The maximum Gasteiger partial charge on any atom is 0.407 e. The molecular formula is C30H36N2O4. The van der Waals surface area contributed by atoms with Crippen LogP contribution in [0.1, 0.15) is 37.0 Å². The van der Waals surface area contributed by atoms with Crippen LogP contribution in [0, 0.1) is 5.92 Å². The van der Waals surface area contributed by atoms with Crippen molar-refractivity contribution in [2.75, 3.05) is 0 Å². The summed E-state index contributed by atoms with van der Waals surface area (Å²) in [5.41, 5.74) is 2.99. The molecule has 0 aliphatic carbocycles. The Morgan fingerprint density at radius 2 is 1.28 bits per heavy atom. The highest BCUT2D eigenvalue weighted by molar-refractivity contribution is 5.79. The highest BCUT2D eigenvalue weighted by Crippen LogP contribution is 2.19. The molecule has 3 aromatic rings. The summed E-state index contributed by atoms with van der Waals surface area (Å²) in [6, 6.07) is 28.5. The SMILES string of the molecule is CC(C)OC(=O)N[C@@H](Cc1ccccc1)[C@@H](O)C[C@H](Cc1ccccc1)C(=O)NCc1ccccc1. The van der Waals surface area contributed by atoms with Crippen molar-refractivity contribution < 1.29 is 19.4 Å². The van der Waals surface area contributed by atoms with E-state index >= 15 is 0 Å². The molecule has 0 saturated heterocycles. The number of ether oxygens (including phenoxy) is 1. The average Bonchev–Trinajstić information content (AvgIpc) is 2.88. The second kappa shape index (κ2) is 14.0. The Kier molecular flexibility index (Phi) is 10.5. The minimum Gasteiger partial charge on any atom is -0.447 e. The zero-order valence-corrected chi connectivity index (χ0v) is 21.0. The van der Waals surface area contributed by atoms with Gasteiger partial charge in [-0.05, 0) is 49.8 Å². The fraction of sp³-hybridized carbons (Fsp3) is 0.333. The number of hydrogen-bond donors (Lipinski definition) is 3. The lowest BCUT2D eigenvalue weighted by atomic mass is 9.88. The van der Waals surface area contributed by atoms with Crippen molar-refractivity contribution >= 4 is 12.0 Å². The second-order valence-corrected chi connectivity index (χ2v) is 9.29. The summed E-state index contributed by atoms with van der Waals surface area (Å²) >= 11 is 0. The highest BCUT2D eigenvalue weighted by Gasteiger charge is 2.29. The molecule has 6 nitrogen and oxygen atoms in total. The molecule has 0 aromatic heterocycles. The van der Waals surface area contributed by atoms with E-state index in [0.29, 0.717) is 19.4 Å². The third-order valence-electron chi connectivity index (χ3n) is 5.94. The quantitative estimate of drug-likeness (QED) is 0.346. The van der Waals surface area contributed by atoms with E-state index in [9.17, 15) is 14.7 Å². The van der Waals surface area contributed by atoms with Crippen LogP contribution < -0.4 is 10.6 Å². The van der Waals surface area contributed by atoms with Gasteiger partial charge in [-0.15, -0.1) is 0 Å². The molecule has 3 rings (SSSR count). The maximum atomic E-state index is 13.3. The van der Waals surface area contributed by atoms with Crippen LogP contribution in [-0.2, 0) is 28.9 Å². The fourth-order valence-corrected chi connectivity index (χ4v) is 4.12. The molecular weight excluding hydrogens is 452 g/mol. The molecule has 0 heterocycles. The van der Waals surface area contributed by atoms with Crippen LogP contribution in [0.4, 0.5) is 4.79 Å². The van der Waals surface area contributed by atoms with Crippen molar-refractivity contribution in [3.63, 3.8) is 0 Å². The smallest absolute Gasteiger partial charge is 0.407 e. The molecule has 0 fully saturated rings. The van der Waals surface area contributed by atoms with Crippen molar-refractivity contribution in [2.45, 2.75) is 57.9 Å². The minimum absolute atomic E-state index is 0.134. The molecule has 0 aliphatic rings. The van der Waals surface area contributed by atoms with Crippen molar-refractivity contribution in [3.05, 3.63) is 108 Å². The van der Waals surface area contributed by atoms with Gasteiger partial charge in [0, 0.05) is 12.5 Å². The molecule has 0 radical (unpaired) electrons. The monoisotopic (exact) mass is 488 g/mol. The Morgan fingerprint density at radius 1 is 0.778 bits per heavy atom. The van der Waals surface area contributed by atoms with Gasteiger partial charge in [-0.3, -0.25) is 4.79 Å². The number of aliphatic hydroxyl groups is 1. The topological polar surface area (TPSA) is 87.7 Å². The van der Waals surface area contributed by atoms with Gasteiger partial charge < -0.3 is 20.5 Å². The third-order valence-corrected chi connectivity index (χ3v) is 5.94. The highest BCUT2D eigenvalue weighted by atomic mass is 16.6. The van der Waals surface area contributed by atoms with Crippen LogP contribution in [0.3, 0.4) is 0 Å². The molecule has 0 spiro atoms. The number of benzene rings is 3. The van der Waals surface area contributed by atoms with E-state index < -0.39 is 24.2 Å². The molecule has 0 saturated carbocycles. The van der Waals surface area contributed by atoms with E-state index in [1.54, 1.807) is 13.8 Å². The van der Waals surface area contributed by atoms with E-state index in [1.807, 2.05) is 91.0 Å². The predicted molar refractivity (Wildman–Crippen MR) is 141 cm³/mol. The number of rotatable bonds is 12. The van der Waals surface area contributed by atoms with Gasteiger partial charge in [0.05, 0.1) is 18.2 Å². The molecule has 3 aromatic carbocycles. The molecule has 0 aliphatic heterocycles. The Balaban J connectivity index is 1.75. The van der Waals surface area contributed by atoms with Gasteiger partial charge in [0.1, 0.15) is 0 Å². The zero-order valence-electron chi connectivity index (χ0n) is 21.0. The van der Waals surface area contributed by atoms with E-state index in [1.165, 1.54) is 0 Å². The summed E-state index contributed by atoms with van der Waals surface area (Å²) < 4.78 is 5.26. The minimum atomic E-state index is -0.957. The Bertz CT molecular complexity index is 1060. The Labute approximate surface area is 213 Å². The molecule has 3 N–H and O–H groups in total. The summed E-state index contributed by atoms with van der Waals surface area (Å²) in [6.45, 7) is 3.96. The van der Waals surface area contributed by atoms with Crippen LogP contribution in [-0.4, -0.2) is 35.4 Å². The van der Waals surface area contributed by atoms with Crippen LogP contribution in [0.25, 0.3) is 0 Å². The first kappa shape index (κ1) is 27.0. The average molecular weight is 489 g/mol. The van der Waals surface area contributed by atoms with Crippen molar-refractivity contribution in [1.29, 1.82) is 0 Å². The largest absolute Gasteiger partial charge is 0.447 e. The van der Waals surface area contributed by atoms with Crippen molar-refractivity contribution in [3.8, 4) is 0 Å². The molecule has 2 amide bonds. The number of hydrogen-bond acceptors (Lipinski definition) is 4. The summed E-state index contributed by atoms with van der Waals surface area (Å²) in [5.74, 6) is -0.614. The standard InChI is InChI=1S/C30H36N2O4/c1-22(2)36-30(35)32-27(19-24-14-8-4-9-15-24)28(33)20-26(18-23-12-6-3-7-13-23)29(34)31-21-25-16-10-5-11-17-25/h3-17,22,26-28,33H,18-21H2,1-2H3,(H,31,34)(H,32,35)/t26-,27-,28-/m0/s1. The first-order valence-electron chi connectivity index (χ1n) is 12.5. The van der Waals surface area contributed by atoms with Crippen molar-refractivity contribution in [1.82, 2.24) is 10.6 Å². The van der Waals surface area contributed by atoms with Crippen LogP contribution in [0.5, 0.6) is 0 Å². The van der Waals surface area contributed by atoms with Crippen LogP contribution in [0.15, 0.2) is 91.0 Å². The van der Waals surface area contributed by atoms with Gasteiger partial charge >= 0.3 is 6.09 Å². The van der Waals surface area contributed by atoms with E-state index in [-0.39, 0.29) is 18.4 Å². The Hall–Kier alpha value is -3.64. The van der Waals surface area contributed by atoms with Crippen LogP contribution >= 0.6 is 0 Å². The van der Waals surface area contributed by atoms with Crippen molar-refractivity contribution in [2.24, 2.45) is 5.92 Å². The van der Waals surface area contributed by atoms with Gasteiger partial charge in [0.2, 0.25) is 5.91 Å². The van der Waals surface area contributed by atoms with Gasteiger partial charge in [-0.25, -0.2) is 4.79 Å². The molecule has 0 bridgehead atoms. The maximum absolute atomic E-state index is 13.3. The summed E-state index contributed by atoms with van der Waals surface area (Å²) in [6.07, 6.45) is -0.741. The molecule has 6 heteroatoms. The van der Waals surface area contributed by atoms with Crippen LogP contribution in [0.2, 0.25) is 0 Å². The summed E-state index contributed by atoms with van der Waals surface area (Å²) in [7, 11) is 0. The molecule has 0 unspecified atom stereocenters. The zero-order chi connectivity index (χ0) is 25.8. The third kappa shape index (κ3) is 9.19. The van der Waals surface area contributed by atoms with Gasteiger partial charge in [0.15, 0.2) is 0 Å².